The van der Waals surface area contributed by atoms with Crippen LogP contribution in [0.15, 0.2) is 93.9 Å². The first-order valence-corrected chi connectivity index (χ1v) is 13.3. The van der Waals surface area contributed by atoms with Crippen LogP contribution in [0.2, 0.25) is 0 Å². The van der Waals surface area contributed by atoms with Gasteiger partial charge < -0.3 is 10.0 Å². The molecule has 0 unspecified atom stereocenters. The molecule has 0 fully saturated rings. The molecule has 2 aliphatic rings. The van der Waals surface area contributed by atoms with Crippen molar-refractivity contribution in [3.8, 4) is 17.1 Å². The number of phenolic OH excluding ortho intramolecular Hbond substituents is 1. The third kappa shape index (κ3) is 4.35. The van der Waals surface area contributed by atoms with Gasteiger partial charge in [0, 0.05) is 15.9 Å². The highest BCUT2D eigenvalue weighted by Crippen LogP contribution is 2.44. The zero-order valence-corrected chi connectivity index (χ0v) is 21.3. The van der Waals surface area contributed by atoms with Gasteiger partial charge in [-0.1, -0.05) is 70.2 Å². The number of rotatable bonds is 6. The van der Waals surface area contributed by atoms with Crippen molar-refractivity contribution in [2.24, 2.45) is 0 Å². The molecule has 1 aliphatic heterocycles. The molecule has 0 saturated heterocycles. The van der Waals surface area contributed by atoms with Gasteiger partial charge in [0.05, 0.1) is 28.3 Å². The number of phenols is 1. The number of aromatic hydroxyl groups is 1. The predicted molar refractivity (Wildman–Crippen MR) is 141 cm³/mol. The van der Waals surface area contributed by atoms with Gasteiger partial charge in [0.15, 0.2) is 11.0 Å². The number of hydrogen-bond donors (Lipinski definition) is 1. The molecule has 1 aromatic heterocycles. The summed E-state index contributed by atoms with van der Waals surface area (Å²) in [6, 6.07) is 13.2. The first-order chi connectivity index (χ1) is 16.6. The Balaban J connectivity index is 1.42. The van der Waals surface area contributed by atoms with Crippen LogP contribution in [-0.4, -0.2) is 42.8 Å². The Morgan fingerprint density at radius 2 is 2.03 bits per heavy atom. The summed E-state index contributed by atoms with van der Waals surface area (Å²) in [5.41, 5.74) is 1.50. The van der Waals surface area contributed by atoms with Crippen LogP contribution in [0, 0.1) is 0 Å². The van der Waals surface area contributed by atoms with E-state index < -0.39 is 0 Å². The van der Waals surface area contributed by atoms with Crippen LogP contribution >= 0.6 is 39.5 Å². The number of halogens is 1. The van der Waals surface area contributed by atoms with Crippen LogP contribution in [0.3, 0.4) is 0 Å². The molecule has 0 radical (unpaired) electrons. The molecule has 3 aromatic rings. The molecule has 2 aromatic carbocycles. The monoisotopic (exact) mass is 552 g/mol. The van der Waals surface area contributed by atoms with Crippen molar-refractivity contribution in [2.45, 2.75) is 27.9 Å². The van der Waals surface area contributed by atoms with E-state index in [1.807, 2.05) is 39.8 Å². The van der Waals surface area contributed by atoms with Crippen LogP contribution in [0.25, 0.3) is 11.4 Å². The van der Waals surface area contributed by atoms with Crippen molar-refractivity contribution >= 4 is 51.0 Å². The predicted octanol–water partition coefficient (Wildman–Crippen LogP) is 5.69. The molecule has 0 saturated carbocycles. The van der Waals surface area contributed by atoms with Crippen LogP contribution in [0.1, 0.15) is 0 Å². The van der Waals surface area contributed by atoms with Gasteiger partial charge in [-0.25, -0.2) is 0 Å². The Labute approximate surface area is 214 Å². The molecule has 172 valence electrons. The van der Waals surface area contributed by atoms with E-state index >= 15 is 0 Å². The summed E-state index contributed by atoms with van der Waals surface area (Å²) in [5.74, 6) is 0.847. The molecular weight excluding hydrogens is 532 g/mol. The number of carbonyl (C=O) groups excluding carboxylic acids is 1. The first kappa shape index (κ1) is 23.0. The molecule has 5 rings (SSSR count). The van der Waals surface area contributed by atoms with Gasteiger partial charge in [-0.2, -0.15) is 0 Å². The van der Waals surface area contributed by atoms with Gasteiger partial charge in [-0.05, 0) is 30.3 Å². The third-order valence-electron chi connectivity index (χ3n) is 5.56. The van der Waals surface area contributed by atoms with Gasteiger partial charge >= 0.3 is 0 Å². The lowest BCUT2D eigenvalue weighted by Gasteiger charge is -2.40. The summed E-state index contributed by atoms with van der Waals surface area (Å²) in [6.45, 7) is 4.29. The molecule has 1 aliphatic carbocycles. The maximum atomic E-state index is 13.5. The van der Waals surface area contributed by atoms with Crippen molar-refractivity contribution in [3.05, 3.63) is 83.9 Å². The van der Waals surface area contributed by atoms with Crippen LogP contribution in [-0.2, 0) is 11.3 Å². The summed E-state index contributed by atoms with van der Waals surface area (Å²) in [7, 11) is 0. The van der Waals surface area contributed by atoms with Crippen LogP contribution < -0.4 is 4.90 Å². The number of benzene rings is 2. The van der Waals surface area contributed by atoms with E-state index in [9.17, 15) is 9.90 Å². The molecule has 6 nitrogen and oxygen atoms in total. The minimum atomic E-state index is -0.0294. The molecule has 2 atom stereocenters. The van der Waals surface area contributed by atoms with Gasteiger partial charge in [-0.3, -0.25) is 9.36 Å². The second-order valence-corrected chi connectivity index (χ2v) is 10.8. The van der Waals surface area contributed by atoms with Crippen LogP contribution in [0.4, 0.5) is 5.69 Å². The lowest BCUT2D eigenvalue weighted by Crippen LogP contribution is -2.48. The Kier molecular flexibility index (Phi) is 6.67. The maximum Gasteiger partial charge on any atom is 0.238 e. The molecular formula is C25H21BrN4O2S2. The minimum absolute atomic E-state index is 0.00714. The molecule has 9 heteroatoms. The van der Waals surface area contributed by atoms with E-state index in [4.69, 9.17) is 0 Å². The molecule has 0 bridgehead atoms. The highest BCUT2D eigenvalue weighted by molar-refractivity contribution is 9.10. The largest absolute Gasteiger partial charge is 0.507 e. The quantitative estimate of drug-likeness (QED) is 0.312. The Hall–Kier alpha value is -2.75. The number of hydrogen-bond acceptors (Lipinski definition) is 6. The third-order valence-corrected chi connectivity index (χ3v) is 8.32. The molecule has 1 amide bonds. The van der Waals surface area contributed by atoms with E-state index in [1.54, 1.807) is 36.0 Å². The first-order valence-electron chi connectivity index (χ1n) is 10.7. The highest BCUT2D eigenvalue weighted by atomic mass is 79.9. The Bertz CT molecular complexity index is 1320. The van der Waals surface area contributed by atoms with E-state index in [0.717, 1.165) is 15.1 Å². The summed E-state index contributed by atoms with van der Waals surface area (Å²) < 4.78 is 2.68. The number of carbonyl (C=O) groups is 1. The van der Waals surface area contributed by atoms with Crippen molar-refractivity contribution in [1.82, 2.24) is 14.8 Å². The number of fused-ring (bicyclic) bond motifs is 2. The zero-order chi connectivity index (χ0) is 23.7. The number of thioether (sulfide) groups is 2. The average Bonchev–Trinajstić information content (AvgIpc) is 3.25. The summed E-state index contributed by atoms with van der Waals surface area (Å²) in [4.78, 5) is 16.6. The normalized spacial score (nSPS) is 18.4. The number of aromatic nitrogens is 3. The lowest BCUT2D eigenvalue weighted by molar-refractivity contribution is -0.116. The molecule has 1 N–H and O–H groups in total. The summed E-state index contributed by atoms with van der Waals surface area (Å²) >= 11 is 6.56. The van der Waals surface area contributed by atoms with E-state index in [-0.39, 0.29) is 28.7 Å². The number of amides is 1. The van der Waals surface area contributed by atoms with Crippen molar-refractivity contribution in [3.63, 3.8) is 0 Å². The lowest BCUT2D eigenvalue weighted by atomic mass is 10.0. The standard InChI is InChI=1S/C25H21BrN4O2S2/c1-2-13-29-24(17-14-16(26)11-12-20(17)31)27-28-25(29)33-15-23(32)30-18-7-3-5-9-21(18)34-22-10-6-4-8-19(22)30/h2-12,14,18,21,31H,1,13,15H2/t18-,21-/m0/s1. The molecule has 34 heavy (non-hydrogen) atoms. The van der Waals surface area contributed by atoms with Gasteiger partial charge in [0.1, 0.15) is 5.75 Å². The van der Waals surface area contributed by atoms with Crippen molar-refractivity contribution in [1.29, 1.82) is 0 Å². The molecule has 2 heterocycles. The summed E-state index contributed by atoms with van der Waals surface area (Å²) in [5, 5.41) is 19.8. The average molecular weight is 554 g/mol. The second kappa shape index (κ2) is 9.85. The fourth-order valence-corrected chi connectivity index (χ4v) is 6.48. The second-order valence-electron chi connectivity index (χ2n) is 7.73. The Morgan fingerprint density at radius 3 is 2.88 bits per heavy atom. The number of anilines is 1. The van der Waals surface area contributed by atoms with Gasteiger partial charge in [0.25, 0.3) is 0 Å². The number of para-hydroxylation sites is 1. The number of allylic oxidation sites excluding steroid dienone is 3. The van der Waals surface area contributed by atoms with Crippen molar-refractivity contribution < 1.29 is 9.90 Å². The van der Waals surface area contributed by atoms with Crippen LogP contribution in [0.5, 0.6) is 5.75 Å². The summed E-state index contributed by atoms with van der Waals surface area (Å²) in [6.07, 6.45) is 10.0. The van der Waals surface area contributed by atoms with E-state index in [1.165, 1.54) is 11.8 Å². The fourth-order valence-electron chi connectivity index (χ4n) is 4.05. The SMILES string of the molecule is C=CCn1c(SCC(=O)N2c3ccccc3S[C@H]3C=CC=C[C@@H]32)nnc1-c1cc(Br)ccc1O. The van der Waals surface area contributed by atoms with Gasteiger partial charge in [0.2, 0.25) is 5.91 Å². The van der Waals surface area contributed by atoms with Crippen molar-refractivity contribution in [2.75, 3.05) is 10.7 Å². The maximum absolute atomic E-state index is 13.5. The van der Waals surface area contributed by atoms with E-state index in [2.05, 4.69) is 50.9 Å². The Morgan fingerprint density at radius 1 is 1.21 bits per heavy atom. The molecule has 0 spiro atoms. The highest BCUT2D eigenvalue weighted by Gasteiger charge is 2.36. The topological polar surface area (TPSA) is 71.2 Å². The van der Waals surface area contributed by atoms with E-state index in [0.29, 0.717) is 23.1 Å². The fraction of sp³-hybridized carbons (Fsp3) is 0.160. The van der Waals surface area contributed by atoms with Gasteiger partial charge in [-0.15, -0.1) is 28.5 Å². The smallest absolute Gasteiger partial charge is 0.238 e. The minimum Gasteiger partial charge on any atom is -0.507 e. The zero-order valence-electron chi connectivity index (χ0n) is 18.0. The number of nitrogens with zero attached hydrogens (tertiary/aromatic N) is 4.